The van der Waals surface area contributed by atoms with Gasteiger partial charge in [0.05, 0.1) is 12.4 Å². The topological polar surface area (TPSA) is 210 Å². The molecular formula is C20H20N8O6S2. The van der Waals surface area contributed by atoms with Gasteiger partial charge in [-0.2, -0.15) is 16.8 Å². The Morgan fingerprint density at radius 1 is 0.861 bits per heavy atom. The van der Waals surface area contributed by atoms with Crippen molar-refractivity contribution in [3.8, 4) is 0 Å². The minimum atomic E-state index is -5.47. The van der Waals surface area contributed by atoms with Crippen LogP contribution >= 0.6 is 0 Å². The number of nitrogens with one attached hydrogen (secondary N) is 2. The second-order valence-corrected chi connectivity index (χ2v) is 11.4. The minimum absolute atomic E-state index is 0.0713. The van der Waals surface area contributed by atoms with Crippen molar-refractivity contribution >= 4 is 37.9 Å². The van der Waals surface area contributed by atoms with E-state index in [-0.39, 0.29) is 11.6 Å². The smallest absolute Gasteiger partial charge is 0.288 e. The Hall–Kier alpha value is -3.86. The maximum Gasteiger partial charge on any atom is 0.288 e. The van der Waals surface area contributed by atoms with Gasteiger partial charge in [-0.05, 0) is 22.1 Å². The summed E-state index contributed by atoms with van der Waals surface area (Å²) >= 11 is 0. The van der Waals surface area contributed by atoms with Crippen LogP contribution in [0, 0.1) is 5.92 Å². The predicted octanol–water partition coefficient (Wildman–Crippen LogP) is 1.04. The van der Waals surface area contributed by atoms with E-state index in [1.165, 1.54) is 48.8 Å². The summed E-state index contributed by atoms with van der Waals surface area (Å²) in [5.41, 5.74) is -1.15. The zero-order chi connectivity index (χ0) is 25.9. The molecule has 0 amide bonds. The van der Waals surface area contributed by atoms with Crippen molar-refractivity contribution < 1.29 is 25.9 Å². The summed E-state index contributed by atoms with van der Waals surface area (Å²) in [4.78, 5) is 0. The Kier molecular flexibility index (Phi) is 6.77. The van der Waals surface area contributed by atoms with Gasteiger partial charge in [0.2, 0.25) is 4.08 Å². The van der Waals surface area contributed by atoms with Gasteiger partial charge < -0.3 is 10.6 Å². The van der Waals surface area contributed by atoms with Crippen molar-refractivity contribution in [2.24, 2.45) is 5.92 Å². The fourth-order valence-electron chi connectivity index (χ4n) is 3.90. The zero-order valence-corrected chi connectivity index (χ0v) is 20.0. The van der Waals surface area contributed by atoms with E-state index in [4.69, 9.17) is 0 Å². The molecule has 0 saturated carbocycles. The van der Waals surface area contributed by atoms with Gasteiger partial charge in [-0.3, -0.25) is 9.11 Å². The van der Waals surface area contributed by atoms with E-state index in [0.717, 1.165) is 0 Å². The van der Waals surface area contributed by atoms with Crippen molar-refractivity contribution in [3.05, 3.63) is 78.6 Å². The monoisotopic (exact) mass is 532 g/mol. The lowest BCUT2D eigenvalue weighted by Gasteiger charge is -2.45. The Balaban J connectivity index is 1.90. The average molecular weight is 533 g/mol. The van der Waals surface area contributed by atoms with Crippen molar-refractivity contribution in [2.75, 3.05) is 10.6 Å². The molecule has 1 aromatic carbocycles. The summed E-state index contributed by atoms with van der Waals surface area (Å²) in [6, 6.07) is 11.5. The molecule has 14 nitrogen and oxygen atoms in total. The van der Waals surface area contributed by atoms with Crippen LogP contribution in [-0.4, -0.2) is 66.5 Å². The Morgan fingerprint density at radius 2 is 1.42 bits per heavy atom. The first-order valence-corrected chi connectivity index (χ1v) is 13.1. The average Bonchev–Trinajstić information content (AvgIpc) is 2.84. The molecule has 188 valence electrons. The summed E-state index contributed by atoms with van der Waals surface area (Å²) in [6.45, 7) is 0. The van der Waals surface area contributed by atoms with Crippen molar-refractivity contribution in [1.82, 2.24) is 30.8 Å². The Bertz CT molecular complexity index is 1400. The molecule has 0 radical (unpaired) electrons. The first kappa shape index (κ1) is 25.2. The number of anilines is 2. The first-order valence-electron chi connectivity index (χ1n) is 10.3. The normalized spacial score (nSPS) is 19.1. The van der Waals surface area contributed by atoms with Gasteiger partial charge in [-0.25, -0.2) is 0 Å². The zero-order valence-electron chi connectivity index (χ0n) is 18.3. The third kappa shape index (κ3) is 5.06. The van der Waals surface area contributed by atoms with Crippen LogP contribution in [-0.2, 0) is 20.2 Å². The minimum Gasteiger partial charge on any atom is -0.343 e. The standard InChI is InChI=1S/C20H20N8O6S2/c29-35(30,31)20(36(32,33)34)14-19(23-17-9-12-21-27-25-17,24-18-10-13-22-28-26-18)11-8-16(20)7-6-15-4-2-1-3-5-15/h1-13,16H,14H2,(H,21,23,25)(H,22,24,26)(H,29,30,31)(H,32,33,34). The highest BCUT2D eigenvalue weighted by atomic mass is 32.3. The molecule has 0 aliphatic heterocycles. The Labute approximate surface area is 206 Å². The largest absolute Gasteiger partial charge is 0.343 e. The predicted molar refractivity (Wildman–Crippen MR) is 128 cm³/mol. The lowest BCUT2D eigenvalue weighted by atomic mass is 9.86. The first-order chi connectivity index (χ1) is 17.0. The molecule has 36 heavy (non-hydrogen) atoms. The molecule has 0 spiro atoms. The molecule has 4 N–H and O–H groups in total. The van der Waals surface area contributed by atoms with Crippen LogP contribution in [0.1, 0.15) is 12.0 Å². The second-order valence-electron chi connectivity index (χ2n) is 7.83. The molecule has 2 heterocycles. The quantitative estimate of drug-likeness (QED) is 0.181. The highest BCUT2D eigenvalue weighted by molar-refractivity contribution is 8.05. The molecule has 4 rings (SSSR count). The highest BCUT2D eigenvalue weighted by Crippen LogP contribution is 2.46. The van der Waals surface area contributed by atoms with Crippen LogP contribution < -0.4 is 10.6 Å². The van der Waals surface area contributed by atoms with Gasteiger partial charge in [-0.1, -0.05) is 48.6 Å². The fraction of sp³-hybridized carbons (Fsp3) is 0.200. The van der Waals surface area contributed by atoms with E-state index < -0.39 is 42.3 Å². The summed E-state index contributed by atoms with van der Waals surface area (Å²) in [6.07, 6.45) is 7.09. The number of hydrogen-bond acceptors (Lipinski definition) is 12. The van der Waals surface area contributed by atoms with Crippen LogP contribution in [0.4, 0.5) is 11.6 Å². The number of aromatic nitrogens is 6. The lowest BCUT2D eigenvalue weighted by Crippen LogP contribution is -2.62. The van der Waals surface area contributed by atoms with Crippen molar-refractivity contribution in [3.63, 3.8) is 0 Å². The molecule has 16 heteroatoms. The van der Waals surface area contributed by atoms with E-state index in [9.17, 15) is 25.9 Å². The molecule has 1 unspecified atom stereocenters. The number of benzene rings is 1. The van der Waals surface area contributed by atoms with Gasteiger partial charge in [0.25, 0.3) is 20.2 Å². The Morgan fingerprint density at radius 3 is 1.89 bits per heavy atom. The summed E-state index contributed by atoms with van der Waals surface area (Å²) in [5.74, 6) is -1.35. The van der Waals surface area contributed by atoms with E-state index in [2.05, 4.69) is 41.5 Å². The lowest BCUT2D eigenvalue weighted by molar-refractivity contribution is 0.361. The highest BCUT2D eigenvalue weighted by Gasteiger charge is 2.64. The second kappa shape index (κ2) is 9.65. The van der Waals surface area contributed by atoms with Crippen LogP contribution in [0.5, 0.6) is 0 Å². The fourth-order valence-corrected chi connectivity index (χ4v) is 6.79. The number of nitrogens with zero attached hydrogens (tertiary/aromatic N) is 6. The molecule has 0 fully saturated rings. The van der Waals surface area contributed by atoms with Gasteiger partial charge >= 0.3 is 0 Å². The molecule has 1 aliphatic carbocycles. The van der Waals surface area contributed by atoms with Crippen molar-refractivity contribution in [1.29, 1.82) is 0 Å². The summed E-state index contributed by atoms with van der Waals surface area (Å²) < 4.78 is 68.6. The van der Waals surface area contributed by atoms with Crippen LogP contribution in [0.2, 0.25) is 0 Å². The van der Waals surface area contributed by atoms with Gasteiger partial charge in [0.15, 0.2) is 11.6 Å². The van der Waals surface area contributed by atoms with E-state index in [1.807, 2.05) is 0 Å². The van der Waals surface area contributed by atoms with Gasteiger partial charge in [-0.15, -0.1) is 20.4 Å². The number of allylic oxidation sites excluding steroid dienone is 2. The molecule has 1 atom stereocenters. The van der Waals surface area contributed by atoms with Gasteiger partial charge in [0.1, 0.15) is 5.66 Å². The van der Waals surface area contributed by atoms with Crippen LogP contribution in [0.25, 0.3) is 6.08 Å². The van der Waals surface area contributed by atoms with E-state index in [0.29, 0.717) is 5.56 Å². The molecule has 0 saturated heterocycles. The van der Waals surface area contributed by atoms with Gasteiger partial charge in [0, 0.05) is 24.5 Å². The molecular weight excluding hydrogens is 512 g/mol. The summed E-state index contributed by atoms with van der Waals surface area (Å²) in [7, 11) is -10.9. The molecule has 2 aromatic heterocycles. The van der Waals surface area contributed by atoms with Crippen LogP contribution in [0.15, 0.2) is 73.1 Å². The number of hydrogen-bond donors (Lipinski definition) is 4. The maximum atomic E-state index is 12.8. The molecule has 0 bridgehead atoms. The van der Waals surface area contributed by atoms with Crippen molar-refractivity contribution in [2.45, 2.75) is 16.2 Å². The maximum absolute atomic E-state index is 12.8. The third-order valence-corrected chi connectivity index (χ3v) is 9.34. The SMILES string of the molecule is O=S(=O)(O)C1(S(=O)(=O)O)CC(Nc2ccnnn2)(Nc2ccnnn2)C=CC1C=Cc1ccccc1. The number of rotatable bonds is 8. The summed E-state index contributed by atoms with van der Waals surface area (Å²) in [5, 5.41) is 27.4. The van der Waals surface area contributed by atoms with E-state index >= 15 is 0 Å². The van der Waals surface area contributed by atoms with Crippen LogP contribution in [0.3, 0.4) is 0 Å². The van der Waals surface area contributed by atoms with E-state index in [1.54, 1.807) is 30.3 Å². The molecule has 3 aromatic rings. The third-order valence-electron chi connectivity index (χ3n) is 5.50. The molecule has 1 aliphatic rings.